The minimum Gasteiger partial charge on any atom is -0.293 e. The normalized spacial score (nSPS) is 11.2. The molecule has 0 aliphatic rings. The molecular formula is C15H15ClFN3O3S. The molecule has 0 fully saturated rings. The highest BCUT2D eigenvalue weighted by atomic mass is 35.5. The predicted octanol–water partition coefficient (Wildman–Crippen LogP) is 1.97. The summed E-state index contributed by atoms with van der Waals surface area (Å²) in [5, 5.41) is 0.347. The van der Waals surface area contributed by atoms with Gasteiger partial charge in [0, 0.05) is 5.02 Å². The van der Waals surface area contributed by atoms with E-state index in [1.807, 2.05) is 5.43 Å². The number of sulfonamides is 1. The molecule has 0 spiro atoms. The minimum atomic E-state index is -4.12. The minimum absolute atomic E-state index is 0.159. The molecule has 0 atom stereocenters. The van der Waals surface area contributed by atoms with E-state index in [-0.39, 0.29) is 10.6 Å². The van der Waals surface area contributed by atoms with Crippen LogP contribution in [0.1, 0.15) is 5.56 Å². The van der Waals surface area contributed by atoms with Crippen molar-refractivity contribution in [3.63, 3.8) is 0 Å². The summed E-state index contributed by atoms with van der Waals surface area (Å²) in [6, 6.07) is 8.99. The summed E-state index contributed by atoms with van der Waals surface area (Å²) in [7, 11) is -4.12. The molecule has 0 saturated carbocycles. The number of hydrogen-bond acceptors (Lipinski definition) is 4. The number of anilines is 1. The van der Waals surface area contributed by atoms with Crippen molar-refractivity contribution in [1.29, 1.82) is 0 Å². The van der Waals surface area contributed by atoms with Gasteiger partial charge in [-0.05, 0) is 48.9 Å². The number of hydrazine groups is 1. The zero-order valence-electron chi connectivity index (χ0n) is 12.7. The Hall–Kier alpha value is -2.16. The summed E-state index contributed by atoms with van der Waals surface area (Å²) < 4.78 is 39.7. The fourth-order valence-electron chi connectivity index (χ4n) is 2.08. The molecule has 0 saturated heterocycles. The van der Waals surface area contributed by atoms with Gasteiger partial charge < -0.3 is 0 Å². The van der Waals surface area contributed by atoms with Crippen LogP contribution < -0.4 is 15.6 Å². The molecule has 2 rings (SSSR count). The first kappa shape index (κ1) is 18.2. The van der Waals surface area contributed by atoms with Crippen LogP contribution >= 0.6 is 11.6 Å². The van der Waals surface area contributed by atoms with Gasteiger partial charge in [0.15, 0.2) is 0 Å². The Bertz CT molecular complexity index is 857. The quantitative estimate of drug-likeness (QED) is 0.477. The van der Waals surface area contributed by atoms with Gasteiger partial charge >= 0.3 is 0 Å². The number of nitrogens with zero attached hydrogens (tertiary/aromatic N) is 1. The maximum Gasteiger partial charge on any atom is 0.264 e. The van der Waals surface area contributed by atoms with Crippen LogP contribution in [0, 0.1) is 12.7 Å². The van der Waals surface area contributed by atoms with Crippen LogP contribution in [0.15, 0.2) is 47.4 Å². The van der Waals surface area contributed by atoms with Crippen LogP contribution in [-0.2, 0) is 14.8 Å². The molecular weight excluding hydrogens is 357 g/mol. The third-order valence-electron chi connectivity index (χ3n) is 3.36. The SMILES string of the molecule is Cc1c(Cl)cccc1N(CC(=O)NN)S(=O)(=O)c1ccc(F)cc1. The summed E-state index contributed by atoms with van der Waals surface area (Å²) in [5.41, 5.74) is 2.61. The Balaban J connectivity index is 2.59. The van der Waals surface area contributed by atoms with Crippen molar-refractivity contribution in [3.05, 3.63) is 58.9 Å². The second-order valence-electron chi connectivity index (χ2n) is 4.92. The topological polar surface area (TPSA) is 92.5 Å². The van der Waals surface area contributed by atoms with Crippen LogP contribution in [0.25, 0.3) is 0 Å². The first-order chi connectivity index (χ1) is 11.3. The third-order valence-corrected chi connectivity index (χ3v) is 5.54. The molecule has 0 aliphatic carbocycles. The molecule has 2 aromatic rings. The number of amides is 1. The van der Waals surface area contributed by atoms with Gasteiger partial charge in [-0.1, -0.05) is 17.7 Å². The number of carbonyl (C=O) groups is 1. The lowest BCUT2D eigenvalue weighted by Gasteiger charge is -2.25. The zero-order chi connectivity index (χ0) is 17.9. The summed E-state index contributed by atoms with van der Waals surface area (Å²) in [6.45, 7) is 1.09. The van der Waals surface area contributed by atoms with Gasteiger partial charge in [-0.25, -0.2) is 18.7 Å². The second-order valence-corrected chi connectivity index (χ2v) is 7.19. The Morgan fingerprint density at radius 3 is 2.46 bits per heavy atom. The predicted molar refractivity (Wildman–Crippen MR) is 89.5 cm³/mol. The van der Waals surface area contributed by atoms with Crippen molar-refractivity contribution in [2.24, 2.45) is 5.84 Å². The Kier molecular flexibility index (Phi) is 5.43. The third kappa shape index (κ3) is 3.66. The molecule has 9 heteroatoms. The van der Waals surface area contributed by atoms with E-state index in [1.54, 1.807) is 19.1 Å². The number of benzene rings is 2. The average molecular weight is 372 g/mol. The Labute approximate surface area is 144 Å². The van der Waals surface area contributed by atoms with Gasteiger partial charge in [0.1, 0.15) is 12.4 Å². The van der Waals surface area contributed by atoms with Gasteiger partial charge in [0.2, 0.25) is 0 Å². The van der Waals surface area contributed by atoms with E-state index in [1.165, 1.54) is 6.07 Å². The van der Waals surface area contributed by atoms with Crippen molar-refractivity contribution in [3.8, 4) is 0 Å². The van der Waals surface area contributed by atoms with E-state index in [4.69, 9.17) is 17.4 Å². The highest BCUT2D eigenvalue weighted by Crippen LogP contribution is 2.30. The van der Waals surface area contributed by atoms with Gasteiger partial charge in [-0.2, -0.15) is 0 Å². The standard InChI is InChI=1S/C15H15ClFN3O3S/c1-10-13(16)3-2-4-14(10)20(9-15(21)19-18)24(22,23)12-7-5-11(17)6-8-12/h2-8H,9,18H2,1H3,(H,19,21). The maximum atomic E-state index is 13.1. The van der Waals surface area contributed by atoms with Crippen molar-refractivity contribution in [2.45, 2.75) is 11.8 Å². The van der Waals surface area contributed by atoms with E-state index in [9.17, 15) is 17.6 Å². The summed E-state index contributed by atoms with van der Waals surface area (Å²) >= 11 is 6.05. The molecule has 0 heterocycles. The fourth-order valence-corrected chi connectivity index (χ4v) is 3.72. The summed E-state index contributed by atoms with van der Waals surface area (Å²) in [5.74, 6) is 3.79. The van der Waals surface area contributed by atoms with E-state index in [0.29, 0.717) is 10.6 Å². The molecule has 3 N–H and O–H groups in total. The van der Waals surface area contributed by atoms with E-state index >= 15 is 0 Å². The Morgan fingerprint density at radius 2 is 1.88 bits per heavy atom. The lowest BCUT2D eigenvalue weighted by Crippen LogP contribution is -2.43. The van der Waals surface area contributed by atoms with Crippen LogP contribution in [0.4, 0.5) is 10.1 Å². The fraction of sp³-hybridized carbons (Fsp3) is 0.133. The number of carbonyl (C=O) groups excluding carboxylic acids is 1. The lowest BCUT2D eigenvalue weighted by molar-refractivity contribution is -0.119. The number of rotatable bonds is 5. The molecule has 1 amide bonds. The van der Waals surface area contributed by atoms with E-state index in [2.05, 4.69) is 0 Å². The van der Waals surface area contributed by atoms with Gasteiger partial charge in [-0.15, -0.1) is 0 Å². The molecule has 0 radical (unpaired) electrons. The number of halogens is 2. The summed E-state index contributed by atoms with van der Waals surface area (Å²) in [4.78, 5) is 11.5. The van der Waals surface area contributed by atoms with Gasteiger partial charge in [0.05, 0.1) is 10.6 Å². The van der Waals surface area contributed by atoms with E-state index in [0.717, 1.165) is 28.6 Å². The van der Waals surface area contributed by atoms with Gasteiger partial charge in [-0.3, -0.25) is 14.5 Å². The highest BCUT2D eigenvalue weighted by molar-refractivity contribution is 7.92. The summed E-state index contributed by atoms with van der Waals surface area (Å²) in [6.07, 6.45) is 0. The van der Waals surface area contributed by atoms with Crippen LogP contribution in [0.5, 0.6) is 0 Å². The van der Waals surface area contributed by atoms with Crippen molar-refractivity contribution < 1.29 is 17.6 Å². The number of nitrogens with one attached hydrogen (secondary N) is 1. The van der Waals surface area contributed by atoms with Gasteiger partial charge in [0.25, 0.3) is 15.9 Å². The largest absolute Gasteiger partial charge is 0.293 e. The van der Waals surface area contributed by atoms with Crippen LogP contribution in [-0.4, -0.2) is 20.9 Å². The lowest BCUT2D eigenvalue weighted by atomic mass is 10.2. The molecule has 0 aliphatic heterocycles. The number of nitrogens with two attached hydrogens (primary N) is 1. The van der Waals surface area contributed by atoms with E-state index < -0.39 is 28.3 Å². The maximum absolute atomic E-state index is 13.1. The monoisotopic (exact) mass is 371 g/mol. The molecule has 6 nitrogen and oxygen atoms in total. The van der Waals surface area contributed by atoms with Crippen molar-refractivity contribution in [1.82, 2.24) is 5.43 Å². The smallest absolute Gasteiger partial charge is 0.264 e. The van der Waals surface area contributed by atoms with Crippen LogP contribution in [0.3, 0.4) is 0 Å². The highest BCUT2D eigenvalue weighted by Gasteiger charge is 2.28. The number of hydrogen-bond donors (Lipinski definition) is 2. The Morgan fingerprint density at radius 1 is 1.25 bits per heavy atom. The van der Waals surface area contributed by atoms with Crippen molar-refractivity contribution in [2.75, 3.05) is 10.8 Å². The molecule has 0 bridgehead atoms. The molecule has 2 aromatic carbocycles. The molecule has 0 aromatic heterocycles. The second kappa shape index (κ2) is 7.16. The molecule has 128 valence electrons. The zero-order valence-corrected chi connectivity index (χ0v) is 14.2. The average Bonchev–Trinajstić information content (AvgIpc) is 2.55. The first-order valence-corrected chi connectivity index (χ1v) is 8.62. The van der Waals surface area contributed by atoms with Crippen LogP contribution in [0.2, 0.25) is 5.02 Å². The van der Waals surface area contributed by atoms with Crippen molar-refractivity contribution >= 4 is 33.2 Å². The molecule has 24 heavy (non-hydrogen) atoms. The first-order valence-electron chi connectivity index (χ1n) is 6.80. The molecule has 0 unspecified atom stereocenters.